The predicted octanol–water partition coefficient (Wildman–Crippen LogP) is 4.92. The van der Waals surface area contributed by atoms with Crippen LogP contribution in [-0.4, -0.2) is 26.7 Å². The highest BCUT2D eigenvalue weighted by molar-refractivity contribution is 6.05. The van der Waals surface area contributed by atoms with Crippen LogP contribution >= 0.6 is 0 Å². The largest absolute Gasteiger partial charge is 0.497 e. The fraction of sp³-hybridized carbons (Fsp3) is 0.381. The van der Waals surface area contributed by atoms with Gasteiger partial charge in [-0.15, -0.1) is 0 Å². The molecule has 0 unspecified atom stereocenters. The van der Waals surface area contributed by atoms with E-state index in [0.717, 1.165) is 12.2 Å². The molecular weight excluding hydrogens is 330 g/mol. The summed E-state index contributed by atoms with van der Waals surface area (Å²) < 4.78 is 16.2. The van der Waals surface area contributed by atoms with Crippen molar-refractivity contribution in [3.8, 4) is 17.2 Å². The van der Waals surface area contributed by atoms with Crippen LogP contribution in [0.4, 0.5) is 5.69 Å². The van der Waals surface area contributed by atoms with Gasteiger partial charge in [-0.2, -0.15) is 0 Å². The first kappa shape index (κ1) is 19.6. The minimum Gasteiger partial charge on any atom is -0.497 e. The summed E-state index contributed by atoms with van der Waals surface area (Å²) in [6, 6.07) is 12.4. The molecule has 2 aromatic rings. The van der Waals surface area contributed by atoms with Gasteiger partial charge in [0.1, 0.15) is 17.2 Å². The summed E-state index contributed by atoms with van der Waals surface area (Å²) in [7, 11) is 3.14. The van der Waals surface area contributed by atoms with Crippen molar-refractivity contribution in [1.29, 1.82) is 0 Å². The van der Waals surface area contributed by atoms with E-state index in [2.05, 4.69) is 12.2 Å². The van der Waals surface area contributed by atoms with Gasteiger partial charge in [0.25, 0.3) is 5.91 Å². The Morgan fingerprint density at radius 2 is 1.65 bits per heavy atom. The second-order valence-electron chi connectivity index (χ2n) is 5.95. The molecule has 0 aromatic heterocycles. The standard InChI is InChI=1S/C21H27NO4/c1-4-5-6-7-14-26-17-10-8-16(9-11-17)21(23)22-19-13-12-18(24-2)15-20(19)25-3/h8-13,15H,4-7,14H2,1-3H3,(H,22,23). The Bertz CT molecular complexity index is 698. The van der Waals surface area contributed by atoms with Gasteiger partial charge in [-0.1, -0.05) is 26.2 Å². The summed E-state index contributed by atoms with van der Waals surface area (Å²) in [6.07, 6.45) is 4.67. The van der Waals surface area contributed by atoms with Crippen molar-refractivity contribution in [2.45, 2.75) is 32.6 Å². The zero-order valence-electron chi connectivity index (χ0n) is 15.7. The van der Waals surface area contributed by atoms with Gasteiger partial charge in [0.05, 0.1) is 26.5 Å². The van der Waals surface area contributed by atoms with E-state index in [1.807, 2.05) is 12.1 Å². The third-order valence-corrected chi connectivity index (χ3v) is 4.04. The molecule has 1 amide bonds. The van der Waals surface area contributed by atoms with E-state index in [0.29, 0.717) is 29.4 Å². The van der Waals surface area contributed by atoms with Crippen molar-refractivity contribution in [2.75, 3.05) is 26.1 Å². The second kappa shape index (κ2) is 10.3. The molecule has 0 aliphatic carbocycles. The zero-order chi connectivity index (χ0) is 18.8. The molecular formula is C21H27NO4. The van der Waals surface area contributed by atoms with Crippen molar-refractivity contribution in [3.63, 3.8) is 0 Å². The van der Waals surface area contributed by atoms with Crippen molar-refractivity contribution in [3.05, 3.63) is 48.0 Å². The van der Waals surface area contributed by atoms with Crippen LogP contribution in [0.25, 0.3) is 0 Å². The number of ether oxygens (including phenoxy) is 3. The number of hydrogen-bond donors (Lipinski definition) is 1. The lowest BCUT2D eigenvalue weighted by Crippen LogP contribution is -2.12. The van der Waals surface area contributed by atoms with E-state index in [1.54, 1.807) is 44.6 Å². The molecule has 5 heteroatoms. The van der Waals surface area contributed by atoms with E-state index in [-0.39, 0.29) is 5.91 Å². The van der Waals surface area contributed by atoms with E-state index >= 15 is 0 Å². The highest BCUT2D eigenvalue weighted by atomic mass is 16.5. The van der Waals surface area contributed by atoms with Gasteiger partial charge in [-0.3, -0.25) is 4.79 Å². The second-order valence-corrected chi connectivity index (χ2v) is 5.95. The van der Waals surface area contributed by atoms with Crippen LogP contribution in [0.1, 0.15) is 43.0 Å². The molecule has 0 saturated heterocycles. The summed E-state index contributed by atoms with van der Waals surface area (Å²) in [5, 5.41) is 2.85. The maximum absolute atomic E-state index is 12.4. The Labute approximate surface area is 155 Å². The normalized spacial score (nSPS) is 10.3. The van der Waals surface area contributed by atoms with Gasteiger partial charge in [0.2, 0.25) is 0 Å². The monoisotopic (exact) mass is 357 g/mol. The van der Waals surface area contributed by atoms with E-state index in [1.165, 1.54) is 19.3 Å². The molecule has 0 atom stereocenters. The SMILES string of the molecule is CCCCCCOc1ccc(C(=O)Nc2ccc(OC)cc2OC)cc1. The molecule has 0 spiro atoms. The number of carbonyl (C=O) groups is 1. The summed E-state index contributed by atoms with van der Waals surface area (Å²) in [4.78, 5) is 12.4. The Hall–Kier alpha value is -2.69. The first-order valence-electron chi connectivity index (χ1n) is 8.94. The molecule has 0 heterocycles. The molecule has 140 valence electrons. The van der Waals surface area contributed by atoms with Gasteiger partial charge in [0, 0.05) is 11.6 Å². The first-order valence-corrected chi connectivity index (χ1v) is 8.94. The minimum atomic E-state index is -0.206. The number of hydrogen-bond acceptors (Lipinski definition) is 4. The molecule has 0 bridgehead atoms. The quantitative estimate of drug-likeness (QED) is 0.614. The average molecular weight is 357 g/mol. The fourth-order valence-corrected chi connectivity index (χ4v) is 2.52. The lowest BCUT2D eigenvalue weighted by molar-refractivity contribution is 0.102. The molecule has 2 rings (SSSR count). The third kappa shape index (κ3) is 5.69. The number of nitrogens with one attached hydrogen (secondary N) is 1. The average Bonchev–Trinajstić information content (AvgIpc) is 2.68. The lowest BCUT2D eigenvalue weighted by atomic mass is 10.2. The molecule has 26 heavy (non-hydrogen) atoms. The van der Waals surface area contributed by atoms with Gasteiger partial charge in [-0.25, -0.2) is 0 Å². The molecule has 0 fully saturated rings. The van der Waals surface area contributed by atoms with E-state index < -0.39 is 0 Å². The fourth-order valence-electron chi connectivity index (χ4n) is 2.52. The Morgan fingerprint density at radius 1 is 0.923 bits per heavy atom. The smallest absolute Gasteiger partial charge is 0.255 e. The zero-order valence-corrected chi connectivity index (χ0v) is 15.7. The van der Waals surface area contributed by atoms with E-state index in [9.17, 15) is 4.79 Å². The van der Waals surface area contributed by atoms with E-state index in [4.69, 9.17) is 14.2 Å². The van der Waals surface area contributed by atoms with Crippen LogP contribution in [-0.2, 0) is 0 Å². The number of benzene rings is 2. The first-order chi connectivity index (χ1) is 12.7. The predicted molar refractivity (Wildman–Crippen MR) is 104 cm³/mol. The highest BCUT2D eigenvalue weighted by Crippen LogP contribution is 2.29. The van der Waals surface area contributed by atoms with Gasteiger partial charge in [-0.05, 0) is 42.8 Å². The lowest BCUT2D eigenvalue weighted by Gasteiger charge is -2.12. The van der Waals surface area contributed by atoms with Crippen LogP contribution in [0.2, 0.25) is 0 Å². The van der Waals surface area contributed by atoms with Crippen molar-refractivity contribution in [2.24, 2.45) is 0 Å². The number of rotatable bonds is 10. The topological polar surface area (TPSA) is 56.8 Å². The molecule has 0 aliphatic heterocycles. The number of amides is 1. The Balaban J connectivity index is 1.93. The molecule has 0 saturated carbocycles. The third-order valence-electron chi connectivity index (χ3n) is 4.04. The van der Waals surface area contributed by atoms with Gasteiger partial charge < -0.3 is 19.5 Å². The van der Waals surface area contributed by atoms with Crippen LogP contribution in [0.3, 0.4) is 0 Å². The Kier molecular flexibility index (Phi) is 7.80. The van der Waals surface area contributed by atoms with Crippen LogP contribution in [0, 0.1) is 0 Å². The summed E-state index contributed by atoms with van der Waals surface area (Å²) in [5.74, 6) is 1.79. The highest BCUT2D eigenvalue weighted by Gasteiger charge is 2.11. The van der Waals surface area contributed by atoms with Gasteiger partial charge in [0.15, 0.2) is 0 Å². The van der Waals surface area contributed by atoms with Crippen molar-refractivity contribution in [1.82, 2.24) is 0 Å². The molecule has 0 radical (unpaired) electrons. The number of anilines is 1. The molecule has 5 nitrogen and oxygen atoms in total. The number of unbranched alkanes of at least 4 members (excludes halogenated alkanes) is 3. The van der Waals surface area contributed by atoms with Crippen molar-refractivity contribution < 1.29 is 19.0 Å². The molecule has 2 aromatic carbocycles. The summed E-state index contributed by atoms with van der Waals surface area (Å²) in [6.45, 7) is 2.89. The van der Waals surface area contributed by atoms with Crippen LogP contribution < -0.4 is 19.5 Å². The van der Waals surface area contributed by atoms with Crippen LogP contribution in [0.5, 0.6) is 17.2 Å². The molecule has 0 aliphatic rings. The minimum absolute atomic E-state index is 0.206. The van der Waals surface area contributed by atoms with Crippen molar-refractivity contribution >= 4 is 11.6 Å². The summed E-state index contributed by atoms with van der Waals surface area (Å²) >= 11 is 0. The maximum atomic E-state index is 12.4. The summed E-state index contributed by atoms with van der Waals surface area (Å²) in [5.41, 5.74) is 1.15. The number of methoxy groups -OCH3 is 2. The number of carbonyl (C=O) groups excluding carboxylic acids is 1. The maximum Gasteiger partial charge on any atom is 0.255 e. The van der Waals surface area contributed by atoms with Crippen LogP contribution in [0.15, 0.2) is 42.5 Å². The Morgan fingerprint density at radius 3 is 2.31 bits per heavy atom. The molecule has 1 N–H and O–H groups in total. The van der Waals surface area contributed by atoms with Gasteiger partial charge >= 0.3 is 0 Å².